The summed E-state index contributed by atoms with van der Waals surface area (Å²) in [6, 6.07) is -0.0817. The maximum absolute atomic E-state index is 12.0. The Morgan fingerprint density at radius 3 is 2.69 bits per heavy atom. The molecule has 1 fully saturated rings. The van der Waals surface area contributed by atoms with Crippen LogP contribution in [0.4, 0.5) is 0 Å². The van der Waals surface area contributed by atoms with Crippen molar-refractivity contribution in [2.45, 2.75) is 31.3 Å². The van der Waals surface area contributed by atoms with Crippen molar-refractivity contribution in [2.75, 3.05) is 27.2 Å². The van der Waals surface area contributed by atoms with E-state index >= 15 is 0 Å². The standard InChI is InChI=1S/C12H23N3O/c1-4-5-11(13)12(16)15(3)10-6-8-14(2)9-7-10/h4,10-11H,1,5-9,13H2,2-3H3. The highest BCUT2D eigenvalue weighted by atomic mass is 16.2. The van der Waals surface area contributed by atoms with E-state index in [4.69, 9.17) is 5.73 Å². The highest BCUT2D eigenvalue weighted by molar-refractivity contribution is 5.81. The zero-order chi connectivity index (χ0) is 12.1. The van der Waals surface area contributed by atoms with Gasteiger partial charge in [0.2, 0.25) is 5.91 Å². The number of likely N-dealkylation sites (N-methyl/N-ethyl adjacent to an activating group) is 1. The minimum absolute atomic E-state index is 0.0365. The molecule has 0 aliphatic carbocycles. The molecule has 0 bridgehead atoms. The van der Waals surface area contributed by atoms with Crippen molar-refractivity contribution in [1.29, 1.82) is 0 Å². The average Bonchev–Trinajstić information content (AvgIpc) is 2.28. The molecule has 92 valence electrons. The summed E-state index contributed by atoms with van der Waals surface area (Å²) in [4.78, 5) is 16.1. The summed E-state index contributed by atoms with van der Waals surface area (Å²) in [5.41, 5.74) is 5.79. The Balaban J connectivity index is 2.46. The van der Waals surface area contributed by atoms with E-state index < -0.39 is 6.04 Å². The molecule has 4 nitrogen and oxygen atoms in total. The number of amides is 1. The summed E-state index contributed by atoms with van der Waals surface area (Å²) < 4.78 is 0. The van der Waals surface area contributed by atoms with Crippen molar-refractivity contribution in [3.8, 4) is 0 Å². The van der Waals surface area contributed by atoms with E-state index in [1.54, 1.807) is 6.08 Å². The van der Waals surface area contributed by atoms with Gasteiger partial charge < -0.3 is 15.5 Å². The zero-order valence-corrected chi connectivity index (χ0v) is 10.4. The van der Waals surface area contributed by atoms with Crippen molar-refractivity contribution >= 4 is 5.91 Å². The molecule has 1 rings (SSSR count). The minimum atomic E-state index is -0.429. The molecule has 1 atom stereocenters. The number of piperidine rings is 1. The van der Waals surface area contributed by atoms with Gasteiger partial charge in [0.15, 0.2) is 0 Å². The quantitative estimate of drug-likeness (QED) is 0.706. The van der Waals surface area contributed by atoms with Crippen LogP contribution >= 0.6 is 0 Å². The maximum Gasteiger partial charge on any atom is 0.239 e. The second kappa shape index (κ2) is 6.01. The van der Waals surface area contributed by atoms with Crippen molar-refractivity contribution < 1.29 is 4.79 Å². The van der Waals surface area contributed by atoms with Crippen LogP contribution in [0.1, 0.15) is 19.3 Å². The van der Waals surface area contributed by atoms with Gasteiger partial charge in [-0.3, -0.25) is 4.79 Å². The van der Waals surface area contributed by atoms with Crippen molar-refractivity contribution in [2.24, 2.45) is 5.73 Å². The molecular formula is C12H23N3O. The second-order valence-corrected chi connectivity index (χ2v) is 4.61. The van der Waals surface area contributed by atoms with Crippen LogP contribution in [-0.4, -0.2) is 55.0 Å². The Hall–Kier alpha value is -0.870. The van der Waals surface area contributed by atoms with Gasteiger partial charge in [-0.2, -0.15) is 0 Å². The van der Waals surface area contributed by atoms with Crippen LogP contribution in [-0.2, 0) is 4.79 Å². The van der Waals surface area contributed by atoms with E-state index in [9.17, 15) is 4.79 Å². The number of carbonyl (C=O) groups excluding carboxylic acids is 1. The predicted molar refractivity (Wildman–Crippen MR) is 66.1 cm³/mol. The van der Waals surface area contributed by atoms with E-state index in [0.717, 1.165) is 25.9 Å². The van der Waals surface area contributed by atoms with E-state index in [2.05, 4.69) is 18.5 Å². The van der Waals surface area contributed by atoms with Crippen LogP contribution in [0.3, 0.4) is 0 Å². The highest BCUT2D eigenvalue weighted by Crippen LogP contribution is 2.15. The predicted octanol–water partition coefficient (Wildman–Crippen LogP) is 0.442. The number of nitrogens with zero attached hydrogens (tertiary/aromatic N) is 2. The first kappa shape index (κ1) is 13.2. The molecular weight excluding hydrogens is 202 g/mol. The van der Waals surface area contributed by atoms with Gasteiger partial charge in [0.25, 0.3) is 0 Å². The molecule has 1 aliphatic heterocycles. The first-order chi connectivity index (χ1) is 7.56. The monoisotopic (exact) mass is 225 g/mol. The first-order valence-electron chi connectivity index (χ1n) is 5.88. The van der Waals surface area contributed by atoms with Crippen molar-refractivity contribution in [3.63, 3.8) is 0 Å². The third-order valence-corrected chi connectivity index (χ3v) is 3.32. The van der Waals surface area contributed by atoms with Gasteiger partial charge in [-0.1, -0.05) is 6.08 Å². The van der Waals surface area contributed by atoms with Gasteiger partial charge in [0.05, 0.1) is 6.04 Å². The molecule has 0 spiro atoms. The zero-order valence-electron chi connectivity index (χ0n) is 10.4. The Kier molecular flexibility index (Phi) is 4.96. The van der Waals surface area contributed by atoms with Gasteiger partial charge in [0.1, 0.15) is 0 Å². The van der Waals surface area contributed by atoms with Crippen molar-refractivity contribution in [1.82, 2.24) is 9.80 Å². The summed E-state index contributed by atoms with van der Waals surface area (Å²) in [5.74, 6) is 0.0365. The van der Waals surface area contributed by atoms with Gasteiger partial charge in [-0.25, -0.2) is 0 Å². The van der Waals surface area contributed by atoms with Crippen LogP contribution in [0.5, 0.6) is 0 Å². The summed E-state index contributed by atoms with van der Waals surface area (Å²) in [6.07, 6.45) is 4.33. The molecule has 0 aromatic rings. The largest absolute Gasteiger partial charge is 0.341 e. The Morgan fingerprint density at radius 1 is 1.62 bits per heavy atom. The molecule has 0 aromatic heterocycles. The molecule has 1 amide bonds. The van der Waals surface area contributed by atoms with Gasteiger partial charge in [0, 0.05) is 13.1 Å². The van der Waals surface area contributed by atoms with E-state index in [-0.39, 0.29) is 5.91 Å². The molecule has 4 heteroatoms. The number of rotatable bonds is 4. The lowest BCUT2D eigenvalue weighted by Crippen LogP contribution is -2.49. The van der Waals surface area contributed by atoms with E-state index in [1.807, 2.05) is 11.9 Å². The molecule has 0 aromatic carbocycles. The number of carbonyl (C=O) groups is 1. The number of hydrogen-bond acceptors (Lipinski definition) is 3. The Bertz CT molecular complexity index is 247. The van der Waals surface area contributed by atoms with Gasteiger partial charge in [-0.15, -0.1) is 6.58 Å². The van der Waals surface area contributed by atoms with Crippen LogP contribution in [0.2, 0.25) is 0 Å². The van der Waals surface area contributed by atoms with Crippen LogP contribution in [0, 0.1) is 0 Å². The third kappa shape index (κ3) is 3.32. The average molecular weight is 225 g/mol. The summed E-state index contributed by atoms with van der Waals surface area (Å²) in [5, 5.41) is 0. The highest BCUT2D eigenvalue weighted by Gasteiger charge is 2.26. The van der Waals surface area contributed by atoms with Gasteiger partial charge in [-0.05, 0) is 39.4 Å². The van der Waals surface area contributed by atoms with Crippen LogP contribution in [0.15, 0.2) is 12.7 Å². The van der Waals surface area contributed by atoms with Crippen molar-refractivity contribution in [3.05, 3.63) is 12.7 Å². The van der Waals surface area contributed by atoms with Crippen LogP contribution in [0.25, 0.3) is 0 Å². The molecule has 2 N–H and O–H groups in total. The molecule has 1 heterocycles. The molecule has 16 heavy (non-hydrogen) atoms. The number of nitrogens with two attached hydrogens (primary N) is 1. The summed E-state index contributed by atoms with van der Waals surface area (Å²) >= 11 is 0. The lowest BCUT2D eigenvalue weighted by molar-refractivity contribution is -0.134. The molecule has 1 saturated heterocycles. The minimum Gasteiger partial charge on any atom is -0.341 e. The van der Waals surface area contributed by atoms with Crippen LogP contribution < -0.4 is 5.73 Å². The van der Waals surface area contributed by atoms with E-state index in [1.165, 1.54) is 0 Å². The first-order valence-corrected chi connectivity index (χ1v) is 5.88. The fourth-order valence-electron chi connectivity index (χ4n) is 2.10. The maximum atomic E-state index is 12.0. The Labute approximate surface area is 98.1 Å². The molecule has 0 saturated carbocycles. The summed E-state index contributed by atoms with van der Waals surface area (Å²) in [6.45, 7) is 5.72. The lowest BCUT2D eigenvalue weighted by atomic mass is 10.0. The summed E-state index contributed by atoms with van der Waals surface area (Å²) in [7, 11) is 3.97. The third-order valence-electron chi connectivity index (χ3n) is 3.32. The second-order valence-electron chi connectivity index (χ2n) is 4.61. The normalized spacial score (nSPS) is 20.4. The van der Waals surface area contributed by atoms with E-state index in [0.29, 0.717) is 12.5 Å². The Morgan fingerprint density at radius 2 is 2.19 bits per heavy atom. The molecule has 1 aliphatic rings. The fourth-order valence-corrected chi connectivity index (χ4v) is 2.10. The molecule has 0 radical (unpaired) electrons. The lowest BCUT2D eigenvalue weighted by Gasteiger charge is -2.36. The SMILES string of the molecule is C=CCC(N)C(=O)N(C)C1CCN(C)CC1. The molecule has 1 unspecified atom stereocenters. The number of hydrogen-bond donors (Lipinski definition) is 1. The van der Waals surface area contributed by atoms with Gasteiger partial charge >= 0.3 is 0 Å². The smallest absolute Gasteiger partial charge is 0.239 e. The topological polar surface area (TPSA) is 49.6 Å². The number of likely N-dealkylation sites (tertiary alicyclic amines) is 1. The fraction of sp³-hybridized carbons (Fsp3) is 0.750.